The number of rotatable bonds is 4. The molecule has 0 aliphatic carbocycles. The summed E-state index contributed by atoms with van der Waals surface area (Å²) in [7, 11) is 2.22. The van der Waals surface area contributed by atoms with Crippen LogP contribution in [0.3, 0.4) is 0 Å². The molecule has 0 saturated carbocycles. The number of esters is 1. The number of benzene rings is 1. The molecule has 1 saturated heterocycles. The standard InChI is InChI=1S/C20H28N4O2S/c1-6-26-19(25)18-16(4)24(23-12-10-22(5)11-13-23)20(27-18)21-17-9-7-8-14(2)15(17)3/h7-9H,6,10-13H2,1-5H3/p+1. The van der Waals surface area contributed by atoms with Gasteiger partial charge >= 0.3 is 5.97 Å². The number of hydrogen-bond donors (Lipinski definition) is 1. The van der Waals surface area contributed by atoms with Crippen LogP contribution in [0.5, 0.6) is 0 Å². The summed E-state index contributed by atoms with van der Waals surface area (Å²) in [4.78, 5) is 20.4. The first kappa shape index (κ1) is 19.6. The van der Waals surface area contributed by atoms with E-state index in [1.165, 1.54) is 21.8 Å². The fraction of sp³-hybridized carbons (Fsp3) is 0.500. The van der Waals surface area contributed by atoms with Gasteiger partial charge in [-0.15, -0.1) is 0 Å². The Kier molecular flexibility index (Phi) is 6.01. The summed E-state index contributed by atoms with van der Waals surface area (Å²) < 4.78 is 7.38. The second-order valence-corrected chi connectivity index (χ2v) is 8.05. The van der Waals surface area contributed by atoms with Gasteiger partial charge in [-0.1, -0.05) is 23.5 Å². The van der Waals surface area contributed by atoms with Gasteiger partial charge in [-0.2, -0.15) is 0 Å². The van der Waals surface area contributed by atoms with Crippen molar-refractivity contribution in [3.63, 3.8) is 0 Å². The van der Waals surface area contributed by atoms with Crippen LogP contribution >= 0.6 is 11.3 Å². The Morgan fingerprint density at radius 3 is 2.63 bits per heavy atom. The van der Waals surface area contributed by atoms with Gasteiger partial charge < -0.3 is 9.64 Å². The summed E-state index contributed by atoms with van der Waals surface area (Å²) >= 11 is 1.41. The van der Waals surface area contributed by atoms with Crippen molar-refractivity contribution in [2.45, 2.75) is 27.7 Å². The Labute approximate surface area is 164 Å². The molecule has 1 aliphatic heterocycles. The number of piperazine rings is 1. The molecule has 0 radical (unpaired) electrons. The molecule has 0 atom stereocenters. The second-order valence-electron chi connectivity index (χ2n) is 7.07. The van der Waals surface area contributed by atoms with Gasteiger partial charge in [-0.25, -0.2) is 14.5 Å². The van der Waals surface area contributed by atoms with Gasteiger partial charge in [-0.05, 0) is 44.9 Å². The Balaban J connectivity index is 2.13. The Hall–Kier alpha value is -2.12. The first-order valence-electron chi connectivity index (χ1n) is 9.49. The largest absolute Gasteiger partial charge is 0.462 e. The molecule has 27 heavy (non-hydrogen) atoms. The summed E-state index contributed by atoms with van der Waals surface area (Å²) in [5.41, 5.74) is 4.22. The van der Waals surface area contributed by atoms with Crippen molar-refractivity contribution in [1.29, 1.82) is 0 Å². The topological polar surface area (TPSA) is 51.3 Å². The summed E-state index contributed by atoms with van der Waals surface area (Å²) in [5.74, 6) is -0.268. The number of hydrogen-bond acceptors (Lipinski definition) is 5. The summed E-state index contributed by atoms with van der Waals surface area (Å²) in [5, 5.41) is 2.30. The second kappa shape index (κ2) is 8.27. The van der Waals surface area contributed by atoms with Gasteiger partial charge in [0.15, 0.2) is 0 Å². The fourth-order valence-electron chi connectivity index (χ4n) is 3.27. The van der Waals surface area contributed by atoms with Crippen LogP contribution in [-0.4, -0.2) is 50.5 Å². The van der Waals surface area contributed by atoms with Crippen LogP contribution in [0.4, 0.5) is 5.69 Å². The third-order valence-corrected chi connectivity index (χ3v) is 6.26. The lowest BCUT2D eigenvalue weighted by molar-refractivity contribution is -0.880. The zero-order chi connectivity index (χ0) is 19.6. The quantitative estimate of drug-likeness (QED) is 0.803. The molecule has 3 rings (SSSR count). The van der Waals surface area contributed by atoms with Gasteiger partial charge in [0.25, 0.3) is 0 Å². The first-order valence-corrected chi connectivity index (χ1v) is 10.3. The van der Waals surface area contributed by atoms with E-state index < -0.39 is 0 Å². The van der Waals surface area contributed by atoms with Crippen LogP contribution in [0, 0.1) is 20.8 Å². The van der Waals surface area contributed by atoms with Crippen molar-refractivity contribution in [3.8, 4) is 0 Å². The molecule has 2 aromatic rings. The highest BCUT2D eigenvalue weighted by Crippen LogP contribution is 2.22. The van der Waals surface area contributed by atoms with Gasteiger partial charge in [0.2, 0.25) is 4.80 Å². The SMILES string of the molecule is CCOC(=O)c1sc(=Nc2cccc(C)c2C)n(N2CC[NH+](C)CC2)c1C. The lowest BCUT2D eigenvalue weighted by Gasteiger charge is -2.33. The van der Waals surface area contributed by atoms with Crippen molar-refractivity contribution in [1.82, 2.24) is 4.68 Å². The van der Waals surface area contributed by atoms with Gasteiger partial charge in [0.1, 0.15) is 4.88 Å². The number of aryl methyl sites for hydroxylation is 1. The molecule has 0 bridgehead atoms. The van der Waals surface area contributed by atoms with Crippen molar-refractivity contribution in [2.75, 3.05) is 44.8 Å². The Bertz CT molecular complexity index is 892. The van der Waals surface area contributed by atoms with E-state index in [1.807, 2.05) is 26.0 Å². The molecule has 1 N–H and O–H groups in total. The molecule has 1 aromatic heterocycles. The lowest BCUT2D eigenvalue weighted by atomic mass is 10.1. The van der Waals surface area contributed by atoms with E-state index in [1.54, 1.807) is 0 Å². The molecule has 146 valence electrons. The zero-order valence-corrected chi connectivity index (χ0v) is 17.7. The number of thiazole rings is 1. The summed E-state index contributed by atoms with van der Waals surface area (Å²) in [6.07, 6.45) is 0. The van der Waals surface area contributed by atoms with E-state index in [9.17, 15) is 4.79 Å². The molecular weight excluding hydrogens is 360 g/mol. The van der Waals surface area contributed by atoms with Crippen LogP contribution in [0.1, 0.15) is 33.4 Å². The number of aromatic nitrogens is 1. The molecule has 1 aliphatic rings. The minimum Gasteiger partial charge on any atom is -0.462 e. The van der Waals surface area contributed by atoms with Crippen LogP contribution in [0.15, 0.2) is 23.2 Å². The van der Waals surface area contributed by atoms with Crippen LogP contribution < -0.4 is 14.7 Å². The third-order valence-electron chi connectivity index (χ3n) is 5.15. The predicted octanol–water partition coefficient (Wildman–Crippen LogP) is 1.35. The zero-order valence-electron chi connectivity index (χ0n) is 16.8. The van der Waals surface area contributed by atoms with E-state index in [0.717, 1.165) is 47.9 Å². The molecule has 0 amide bonds. The van der Waals surface area contributed by atoms with Crippen molar-refractivity contribution >= 4 is 23.0 Å². The molecule has 0 unspecified atom stereocenters. The van der Waals surface area contributed by atoms with E-state index in [-0.39, 0.29) is 5.97 Å². The molecule has 0 spiro atoms. The maximum atomic E-state index is 12.4. The van der Waals surface area contributed by atoms with E-state index in [0.29, 0.717) is 11.5 Å². The smallest absolute Gasteiger partial charge is 0.350 e. The maximum absolute atomic E-state index is 12.4. The predicted molar refractivity (Wildman–Crippen MR) is 109 cm³/mol. The van der Waals surface area contributed by atoms with Gasteiger partial charge in [0, 0.05) is 0 Å². The van der Waals surface area contributed by atoms with Crippen LogP contribution in [0.2, 0.25) is 0 Å². The molecule has 2 heterocycles. The van der Waals surface area contributed by atoms with Crippen LogP contribution in [-0.2, 0) is 4.74 Å². The van der Waals surface area contributed by atoms with Crippen molar-refractivity contribution in [2.24, 2.45) is 4.99 Å². The average Bonchev–Trinajstić information content (AvgIpc) is 2.96. The number of nitrogens with one attached hydrogen (secondary N) is 1. The highest BCUT2D eigenvalue weighted by atomic mass is 32.1. The number of ether oxygens (including phenoxy) is 1. The summed E-state index contributed by atoms with van der Waals surface area (Å²) in [6.45, 7) is 12.4. The summed E-state index contributed by atoms with van der Waals surface area (Å²) in [6, 6.07) is 6.15. The van der Waals surface area contributed by atoms with Crippen LogP contribution in [0.25, 0.3) is 0 Å². The number of nitrogens with zero attached hydrogens (tertiary/aromatic N) is 3. The lowest BCUT2D eigenvalue weighted by Crippen LogP contribution is -3.12. The average molecular weight is 390 g/mol. The normalized spacial score (nSPS) is 16.0. The number of quaternary nitrogens is 1. The monoisotopic (exact) mass is 389 g/mol. The number of likely N-dealkylation sites (N-methyl/N-ethyl adjacent to an activating group) is 1. The molecule has 1 fully saturated rings. The molecular formula is C20H29N4O2S+. The van der Waals surface area contributed by atoms with E-state index in [2.05, 4.69) is 36.6 Å². The Morgan fingerprint density at radius 1 is 1.26 bits per heavy atom. The highest BCUT2D eigenvalue weighted by molar-refractivity contribution is 7.11. The molecule has 1 aromatic carbocycles. The Morgan fingerprint density at radius 2 is 1.96 bits per heavy atom. The first-order chi connectivity index (χ1) is 12.9. The number of carbonyl (C=O) groups is 1. The minimum absolute atomic E-state index is 0.268. The highest BCUT2D eigenvalue weighted by Gasteiger charge is 2.24. The van der Waals surface area contributed by atoms with Gasteiger partial charge in [-0.3, -0.25) is 5.01 Å². The van der Waals surface area contributed by atoms with Crippen molar-refractivity contribution < 1.29 is 14.4 Å². The molecule has 7 heteroatoms. The third kappa shape index (κ3) is 4.09. The van der Waals surface area contributed by atoms with E-state index >= 15 is 0 Å². The van der Waals surface area contributed by atoms with Gasteiger partial charge in [0.05, 0.1) is 51.2 Å². The number of carbonyl (C=O) groups excluding carboxylic acids is 1. The van der Waals surface area contributed by atoms with Crippen molar-refractivity contribution in [3.05, 3.63) is 44.7 Å². The molecule has 6 nitrogen and oxygen atoms in total. The maximum Gasteiger partial charge on any atom is 0.350 e. The minimum atomic E-state index is -0.268. The fourth-order valence-corrected chi connectivity index (χ4v) is 4.32. The van der Waals surface area contributed by atoms with E-state index in [4.69, 9.17) is 9.73 Å².